The average Bonchev–Trinajstić information content (AvgIpc) is 2.73. The van der Waals surface area contributed by atoms with E-state index in [1.807, 2.05) is 32.0 Å². The van der Waals surface area contributed by atoms with E-state index in [2.05, 4.69) is 22.3 Å². The lowest BCUT2D eigenvalue weighted by atomic mass is 9.85. The lowest BCUT2D eigenvalue weighted by Crippen LogP contribution is -2.58. The molecule has 2 saturated heterocycles. The van der Waals surface area contributed by atoms with E-state index in [1.165, 1.54) is 5.56 Å². The molecule has 2 aliphatic heterocycles. The van der Waals surface area contributed by atoms with Crippen LogP contribution in [0.5, 0.6) is 0 Å². The molecule has 0 bridgehead atoms. The van der Waals surface area contributed by atoms with Crippen LogP contribution >= 0.6 is 0 Å². The van der Waals surface area contributed by atoms with Gasteiger partial charge in [-0.05, 0) is 32.3 Å². The second kappa shape index (κ2) is 5.72. The summed E-state index contributed by atoms with van der Waals surface area (Å²) in [6.07, 6.45) is 1.41. The van der Waals surface area contributed by atoms with E-state index >= 15 is 0 Å². The maximum Gasteiger partial charge on any atom is 0.325 e. The number of nitrogens with zero attached hydrogens (tertiary/aromatic N) is 2. The van der Waals surface area contributed by atoms with Crippen LogP contribution in [0.1, 0.15) is 32.3 Å². The monoisotopic (exact) mass is 301 g/mol. The second-order valence-corrected chi connectivity index (χ2v) is 6.52. The fourth-order valence-corrected chi connectivity index (χ4v) is 3.70. The highest BCUT2D eigenvalue weighted by Crippen LogP contribution is 2.35. The van der Waals surface area contributed by atoms with Gasteiger partial charge >= 0.3 is 6.03 Å². The molecule has 5 nitrogen and oxygen atoms in total. The van der Waals surface area contributed by atoms with Gasteiger partial charge in [0.25, 0.3) is 5.91 Å². The number of carbonyl (C=O) groups is 2. The largest absolute Gasteiger partial charge is 0.325 e. The maximum absolute atomic E-state index is 12.3. The zero-order valence-corrected chi connectivity index (χ0v) is 13.2. The summed E-state index contributed by atoms with van der Waals surface area (Å²) < 4.78 is 0. The van der Waals surface area contributed by atoms with Crippen molar-refractivity contribution in [3.8, 4) is 0 Å². The molecule has 1 aromatic rings. The Bertz CT molecular complexity index is 563. The topological polar surface area (TPSA) is 52.7 Å². The molecule has 0 radical (unpaired) electrons. The average molecular weight is 301 g/mol. The molecule has 2 aliphatic rings. The minimum atomic E-state index is -0.640. The number of hydrogen-bond donors (Lipinski definition) is 1. The minimum Gasteiger partial charge on any atom is -0.307 e. The number of piperidine rings is 1. The predicted octanol–water partition coefficient (Wildman–Crippen LogP) is 1.98. The number of urea groups is 1. The molecule has 2 heterocycles. The van der Waals surface area contributed by atoms with Crippen LogP contribution in [-0.4, -0.2) is 46.4 Å². The number of hydrogen-bond acceptors (Lipinski definition) is 3. The Morgan fingerprint density at radius 3 is 2.36 bits per heavy atom. The first-order chi connectivity index (χ1) is 10.5. The van der Waals surface area contributed by atoms with E-state index in [1.54, 1.807) is 4.90 Å². The molecule has 1 N–H and O–H groups in total. The summed E-state index contributed by atoms with van der Waals surface area (Å²) in [5.74, 6) is -0.120. The van der Waals surface area contributed by atoms with Crippen molar-refractivity contribution in [2.75, 3.05) is 13.1 Å². The summed E-state index contributed by atoms with van der Waals surface area (Å²) >= 11 is 0. The van der Waals surface area contributed by atoms with Gasteiger partial charge in [0.15, 0.2) is 0 Å². The molecule has 118 valence electrons. The van der Waals surface area contributed by atoms with E-state index in [0.717, 1.165) is 19.6 Å². The number of nitrogens with one attached hydrogen (secondary N) is 1. The normalized spacial score (nSPS) is 21.7. The summed E-state index contributed by atoms with van der Waals surface area (Å²) in [5, 5.41) is 2.50. The van der Waals surface area contributed by atoms with Crippen molar-refractivity contribution >= 4 is 11.9 Å². The Morgan fingerprint density at radius 2 is 1.77 bits per heavy atom. The molecule has 0 aliphatic carbocycles. The van der Waals surface area contributed by atoms with Crippen LogP contribution in [0.3, 0.4) is 0 Å². The van der Waals surface area contributed by atoms with E-state index in [-0.39, 0.29) is 18.0 Å². The third-order valence-electron chi connectivity index (χ3n) is 4.77. The smallest absolute Gasteiger partial charge is 0.307 e. The van der Waals surface area contributed by atoms with E-state index in [4.69, 9.17) is 0 Å². The summed E-state index contributed by atoms with van der Waals surface area (Å²) in [6.45, 7) is 6.50. The standard InChI is InChI=1S/C17H23N3O2/c1-13(2)20-16(22)18-15(21)17(20)8-10-19(11-9-17)12-14-6-4-3-5-7-14/h3-7,13H,8-12H2,1-2H3,(H,18,21,22). The van der Waals surface area contributed by atoms with Gasteiger partial charge in [-0.3, -0.25) is 15.0 Å². The van der Waals surface area contributed by atoms with Crippen molar-refractivity contribution in [1.29, 1.82) is 0 Å². The molecular formula is C17H23N3O2. The summed E-state index contributed by atoms with van der Waals surface area (Å²) in [5.41, 5.74) is 0.643. The first-order valence-corrected chi connectivity index (χ1v) is 7.94. The lowest BCUT2D eigenvalue weighted by Gasteiger charge is -2.43. The van der Waals surface area contributed by atoms with E-state index < -0.39 is 5.54 Å². The van der Waals surface area contributed by atoms with E-state index in [9.17, 15) is 9.59 Å². The fraction of sp³-hybridized carbons (Fsp3) is 0.529. The number of benzene rings is 1. The van der Waals surface area contributed by atoms with Crippen LogP contribution in [0.4, 0.5) is 4.79 Å². The van der Waals surface area contributed by atoms with Gasteiger partial charge in [-0.25, -0.2) is 4.79 Å². The Hall–Kier alpha value is -1.88. The number of carbonyl (C=O) groups excluding carboxylic acids is 2. The Balaban J connectivity index is 1.70. The van der Waals surface area contributed by atoms with Gasteiger partial charge in [0, 0.05) is 25.7 Å². The predicted molar refractivity (Wildman–Crippen MR) is 84.2 cm³/mol. The third-order valence-corrected chi connectivity index (χ3v) is 4.77. The molecule has 0 atom stereocenters. The molecule has 5 heteroatoms. The SMILES string of the molecule is CC(C)N1C(=O)NC(=O)C12CCN(Cc1ccccc1)CC2. The highest BCUT2D eigenvalue weighted by molar-refractivity contribution is 6.07. The number of likely N-dealkylation sites (tertiary alicyclic amines) is 1. The van der Waals surface area contributed by atoms with E-state index in [0.29, 0.717) is 12.8 Å². The highest BCUT2D eigenvalue weighted by Gasteiger charge is 2.54. The van der Waals surface area contributed by atoms with Gasteiger partial charge in [-0.2, -0.15) is 0 Å². The molecule has 0 aromatic heterocycles. The van der Waals surface area contributed by atoms with Crippen LogP contribution in [0.25, 0.3) is 0 Å². The van der Waals surface area contributed by atoms with Crippen molar-refractivity contribution < 1.29 is 9.59 Å². The first kappa shape index (κ1) is 15.0. The molecular weight excluding hydrogens is 278 g/mol. The Kier molecular flexibility index (Phi) is 3.91. The molecule has 0 unspecified atom stereocenters. The molecule has 1 spiro atoms. The van der Waals surface area contributed by atoms with Crippen molar-refractivity contribution in [2.24, 2.45) is 0 Å². The van der Waals surface area contributed by atoms with Crippen LogP contribution < -0.4 is 5.32 Å². The molecule has 3 rings (SSSR count). The van der Waals surface area contributed by atoms with Crippen LogP contribution in [0.15, 0.2) is 30.3 Å². The second-order valence-electron chi connectivity index (χ2n) is 6.52. The molecule has 0 saturated carbocycles. The minimum absolute atomic E-state index is 0.0344. The van der Waals surface area contributed by atoms with Gasteiger partial charge in [0.2, 0.25) is 0 Å². The molecule has 1 aromatic carbocycles. The zero-order chi connectivity index (χ0) is 15.7. The van der Waals surface area contributed by atoms with Crippen LogP contribution in [-0.2, 0) is 11.3 Å². The lowest BCUT2D eigenvalue weighted by molar-refractivity contribution is -0.129. The van der Waals surface area contributed by atoms with Crippen molar-refractivity contribution in [1.82, 2.24) is 15.1 Å². The highest BCUT2D eigenvalue weighted by atomic mass is 16.2. The Morgan fingerprint density at radius 1 is 1.14 bits per heavy atom. The molecule has 3 amide bonds. The van der Waals surface area contributed by atoms with Crippen molar-refractivity contribution in [2.45, 2.75) is 44.8 Å². The van der Waals surface area contributed by atoms with Crippen LogP contribution in [0.2, 0.25) is 0 Å². The quantitative estimate of drug-likeness (QED) is 0.869. The van der Waals surface area contributed by atoms with Crippen LogP contribution in [0, 0.1) is 0 Å². The number of amides is 3. The fourth-order valence-electron chi connectivity index (χ4n) is 3.70. The van der Waals surface area contributed by atoms with Gasteiger partial charge in [0.1, 0.15) is 5.54 Å². The first-order valence-electron chi connectivity index (χ1n) is 7.94. The third kappa shape index (κ3) is 2.50. The molecule has 22 heavy (non-hydrogen) atoms. The van der Waals surface area contributed by atoms with Crippen molar-refractivity contribution in [3.05, 3.63) is 35.9 Å². The Labute approximate surface area is 131 Å². The molecule has 2 fully saturated rings. The summed E-state index contributed by atoms with van der Waals surface area (Å²) in [4.78, 5) is 28.5. The summed E-state index contributed by atoms with van der Waals surface area (Å²) in [7, 11) is 0. The van der Waals surface area contributed by atoms with Gasteiger partial charge in [-0.15, -0.1) is 0 Å². The van der Waals surface area contributed by atoms with Crippen molar-refractivity contribution in [3.63, 3.8) is 0 Å². The van der Waals surface area contributed by atoms with Gasteiger partial charge in [0.05, 0.1) is 0 Å². The number of imide groups is 1. The maximum atomic E-state index is 12.3. The van der Waals surface area contributed by atoms with Gasteiger partial charge < -0.3 is 4.90 Å². The summed E-state index contributed by atoms with van der Waals surface area (Å²) in [6, 6.07) is 10.1. The van der Waals surface area contributed by atoms with Gasteiger partial charge in [-0.1, -0.05) is 30.3 Å². The number of rotatable bonds is 3. The zero-order valence-electron chi connectivity index (χ0n) is 13.2.